The predicted molar refractivity (Wildman–Crippen MR) is 73.2 cm³/mol. The highest BCUT2D eigenvalue weighted by Gasteiger charge is 2.11. The fraction of sp³-hybridized carbons (Fsp3) is 0.0625. The average molecular weight is 232 g/mol. The van der Waals surface area contributed by atoms with E-state index >= 15 is 0 Å². The Bertz CT molecular complexity index is 743. The maximum absolute atomic E-state index is 9.35. The number of aromatic amines is 1. The van der Waals surface area contributed by atoms with Crippen molar-refractivity contribution in [2.75, 3.05) is 0 Å². The van der Waals surface area contributed by atoms with Crippen molar-refractivity contribution >= 4 is 10.9 Å². The third-order valence-corrected chi connectivity index (χ3v) is 3.16. The molecule has 0 saturated carbocycles. The molecule has 18 heavy (non-hydrogen) atoms. The van der Waals surface area contributed by atoms with E-state index in [1.807, 2.05) is 36.4 Å². The van der Waals surface area contributed by atoms with Gasteiger partial charge in [-0.05, 0) is 18.6 Å². The number of benzene rings is 2. The topological polar surface area (TPSA) is 39.6 Å². The first-order valence-electron chi connectivity index (χ1n) is 5.87. The monoisotopic (exact) mass is 232 g/mol. The molecule has 0 bridgehead atoms. The van der Waals surface area contributed by atoms with Crippen LogP contribution in [0.2, 0.25) is 0 Å². The number of fused-ring (bicyclic) bond motifs is 1. The Hall–Kier alpha value is -2.53. The lowest BCUT2D eigenvalue weighted by Crippen LogP contribution is -1.81. The molecule has 0 unspecified atom stereocenters. The van der Waals surface area contributed by atoms with Gasteiger partial charge in [0.05, 0.1) is 11.3 Å². The molecule has 2 heteroatoms. The Kier molecular flexibility index (Phi) is 2.39. The minimum atomic E-state index is 0.717. The second-order valence-electron chi connectivity index (χ2n) is 4.40. The lowest BCUT2D eigenvalue weighted by molar-refractivity contribution is 1.41. The number of nitriles is 1. The summed E-state index contributed by atoms with van der Waals surface area (Å²) < 4.78 is 0. The quantitative estimate of drug-likeness (QED) is 0.676. The Balaban J connectivity index is 2.29. The van der Waals surface area contributed by atoms with Crippen molar-refractivity contribution in [3.63, 3.8) is 0 Å². The van der Waals surface area contributed by atoms with Crippen LogP contribution in [-0.2, 0) is 0 Å². The summed E-state index contributed by atoms with van der Waals surface area (Å²) in [7, 11) is 0. The average Bonchev–Trinajstić information content (AvgIpc) is 2.78. The molecule has 86 valence electrons. The maximum Gasteiger partial charge on any atom is 0.102 e. The molecule has 0 saturated heterocycles. The normalized spacial score (nSPS) is 10.4. The van der Waals surface area contributed by atoms with Crippen LogP contribution >= 0.6 is 0 Å². The molecule has 2 nitrogen and oxygen atoms in total. The summed E-state index contributed by atoms with van der Waals surface area (Å²) in [5, 5.41) is 10.3. The Morgan fingerprint density at radius 2 is 1.72 bits per heavy atom. The minimum Gasteiger partial charge on any atom is -0.353 e. The molecule has 0 atom stereocenters. The number of aryl methyl sites for hydroxylation is 1. The molecule has 0 aliphatic carbocycles. The molecule has 1 heterocycles. The van der Waals surface area contributed by atoms with Gasteiger partial charge in [-0.15, -0.1) is 0 Å². The van der Waals surface area contributed by atoms with Crippen molar-refractivity contribution in [3.8, 4) is 17.3 Å². The van der Waals surface area contributed by atoms with Crippen LogP contribution in [0.25, 0.3) is 22.2 Å². The zero-order valence-corrected chi connectivity index (χ0v) is 10.1. The number of hydrogen-bond donors (Lipinski definition) is 1. The molecule has 3 rings (SSSR count). The summed E-state index contributed by atoms with van der Waals surface area (Å²) in [5.41, 5.74) is 4.89. The van der Waals surface area contributed by atoms with Crippen molar-refractivity contribution in [3.05, 3.63) is 59.7 Å². The number of H-pyrrole nitrogens is 1. The van der Waals surface area contributed by atoms with Crippen LogP contribution in [-0.4, -0.2) is 4.98 Å². The number of aromatic nitrogens is 1. The Morgan fingerprint density at radius 3 is 2.44 bits per heavy atom. The third kappa shape index (κ3) is 1.57. The summed E-state index contributed by atoms with van der Waals surface area (Å²) in [5.74, 6) is 0. The van der Waals surface area contributed by atoms with Gasteiger partial charge in [0.15, 0.2) is 0 Å². The molecular formula is C16H12N2. The predicted octanol–water partition coefficient (Wildman–Crippen LogP) is 4.02. The highest BCUT2D eigenvalue weighted by molar-refractivity contribution is 5.93. The first-order valence-corrected chi connectivity index (χ1v) is 5.87. The molecule has 0 aliphatic heterocycles. The largest absolute Gasteiger partial charge is 0.353 e. The van der Waals surface area contributed by atoms with Gasteiger partial charge in [-0.3, -0.25) is 0 Å². The third-order valence-electron chi connectivity index (χ3n) is 3.16. The van der Waals surface area contributed by atoms with E-state index in [1.165, 1.54) is 5.56 Å². The summed E-state index contributed by atoms with van der Waals surface area (Å²) in [6.45, 7) is 2.06. The van der Waals surface area contributed by atoms with Crippen LogP contribution in [0.3, 0.4) is 0 Å². The van der Waals surface area contributed by atoms with Gasteiger partial charge in [0, 0.05) is 10.9 Å². The number of para-hydroxylation sites is 1. The van der Waals surface area contributed by atoms with Gasteiger partial charge in [0.1, 0.15) is 6.07 Å². The zero-order chi connectivity index (χ0) is 12.5. The molecule has 2 aromatic carbocycles. The molecule has 0 spiro atoms. The van der Waals surface area contributed by atoms with E-state index in [0.717, 1.165) is 27.7 Å². The first-order chi connectivity index (χ1) is 8.79. The molecule has 1 aromatic heterocycles. The molecule has 0 radical (unpaired) electrons. The molecule has 0 amide bonds. The van der Waals surface area contributed by atoms with Gasteiger partial charge in [-0.2, -0.15) is 5.26 Å². The lowest BCUT2D eigenvalue weighted by Gasteiger charge is -1.99. The van der Waals surface area contributed by atoms with Crippen molar-refractivity contribution in [2.24, 2.45) is 0 Å². The molecule has 0 fully saturated rings. The molecular weight excluding hydrogens is 220 g/mol. The smallest absolute Gasteiger partial charge is 0.102 e. The van der Waals surface area contributed by atoms with Crippen LogP contribution in [0.1, 0.15) is 11.1 Å². The number of nitrogens with zero attached hydrogens (tertiary/aromatic N) is 1. The Labute approximate surface area is 106 Å². The zero-order valence-electron chi connectivity index (χ0n) is 10.1. The van der Waals surface area contributed by atoms with E-state index in [1.54, 1.807) is 0 Å². The minimum absolute atomic E-state index is 0.717. The summed E-state index contributed by atoms with van der Waals surface area (Å²) >= 11 is 0. The van der Waals surface area contributed by atoms with Crippen LogP contribution in [0.4, 0.5) is 0 Å². The van der Waals surface area contributed by atoms with Crippen molar-refractivity contribution in [1.29, 1.82) is 5.26 Å². The van der Waals surface area contributed by atoms with Crippen LogP contribution in [0.5, 0.6) is 0 Å². The fourth-order valence-corrected chi connectivity index (χ4v) is 2.19. The number of rotatable bonds is 1. The van der Waals surface area contributed by atoms with E-state index in [2.05, 4.69) is 30.1 Å². The van der Waals surface area contributed by atoms with E-state index in [-0.39, 0.29) is 0 Å². The van der Waals surface area contributed by atoms with Gasteiger partial charge in [-0.1, -0.05) is 48.0 Å². The lowest BCUT2D eigenvalue weighted by atomic mass is 10.1. The maximum atomic E-state index is 9.35. The number of hydrogen-bond acceptors (Lipinski definition) is 1. The van der Waals surface area contributed by atoms with Crippen molar-refractivity contribution < 1.29 is 0 Å². The van der Waals surface area contributed by atoms with E-state index < -0.39 is 0 Å². The second-order valence-corrected chi connectivity index (χ2v) is 4.40. The fourth-order valence-electron chi connectivity index (χ4n) is 2.19. The SMILES string of the molecule is Cc1ccc(-c2[nH]c3ccccc3c2C#N)cc1. The van der Waals surface area contributed by atoms with Gasteiger partial charge in [-0.25, -0.2) is 0 Å². The molecule has 3 aromatic rings. The number of nitrogens with one attached hydrogen (secondary N) is 1. The van der Waals surface area contributed by atoms with Gasteiger partial charge in [0.2, 0.25) is 0 Å². The van der Waals surface area contributed by atoms with Crippen LogP contribution in [0.15, 0.2) is 48.5 Å². The highest BCUT2D eigenvalue weighted by Crippen LogP contribution is 2.29. The van der Waals surface area contributed by atoms with E-state index in [0.29, 0.717) is 0 Å². The van der Waals surface area contributed by atoms with Gasteiger partial charge < -0.3 is 4.98 Å². The second kappa shape index (κ2) is 4.05. The molecule has 0 aliphatic rings. The summed E-state index contributed by atoms with van der Waals surface area (Å²) in [4.78, 5) is 3.33. The van der Waals surface area contributed by atoms with Crippen LogP contribution < -0.4 is 0 Å². The van der Waals surface area contributed by atoms with Gasteiger partial charge >= 0.3 is 0 Å². The highest BCUT2D eigenvalue weighted by atomic mass is 14.7. The molecule has 1 N–H and O–H groups in total. The standard InChI is InChI=1S/C16H12N2/c1-11-6-8-12(9-7-11)16-14(10-17)13-4-2-3-5-15(13)18-16/h2-9,18H,1H3. The van der Waals surface area contributed by atoms with Gasteiger partial charge in [0.25, 0.3) is 0 Å². The van der Waals surface area contributed by atoms with E-state index in [9.17, 15) is 5.26 Å². The Morgan fingerprint density at radius 1 is 1.00 bits per heavy atom. The van der Waals surface area contributed by atoms with E-state index in [4.69, 9.17) is 0 Å². The first kappa shape index (κ1) is 10.6. The summed E-state index contributed by atoms with van der Waals surface area (Å²) in [6, 6.07) is 18.4. The van der Waals surface area contributed by atoms with Crippen LogP contribution in [0, 0.1) is 18.3 Å². The van der Waals surface area contributed by atoms with Crippen molar-refractivity contribution in [1.82, 2.24) is 4.98 Å². The van der Waals surface area contributed by atoms with Crippen molar-refractivity contribution in [2.45, 2.75) is 6.92 Å². The summed E-state index contributed by atoms with van der Waals surface area (Å²) in [6.07, 6.45) is 0.